The summed E-state index contributed by atoms with van der Waals surface area (Å²) in [6.07, 6.45) is 5.92. The lowest BCUT2D eigenvalue weighted by Gasteiger charge is -2.38. The van der Waals surface area contributed by atoms with Crippen LogP contribution in [0.5, 0.6) is 0 Å². The summed E-state index contributed by atoms with van der Waals surface area (Å²) in [7, 11) is 0. The molecule has 2 amide bonds. The quantitative estimate of drug-likeness (QED) is 0.0431. The molecule has 8 N–H and O–H groups in total. The second kappa shape index (κ2) is 16.3. The zero-order valence-corrected chi connectivity index (χ0v) is 30.4. The molecule has 0 aromatic heterocycles. The van der Waals surface area contributed by atoms with Crippen LogP contribution in [0.25, 0.3) is 0 Å². The average molecular weight is 702 g/mol. The molecule has 6 rings (SSSR count). The van der Waals surface area contributed by atoms with Gasteiger partial charge in [0.05, 0.1) is 11.5 Å². The van der Waals surface area contributed by atoms with Gasteiger partial charge in [0.1, 0.15) is 6.04 Å². The van der Waals surface area contributed by atoms with Gasteiger partial charge in [0.25, 0.3) is 0 Å². The van der Waals surface area contributed by atoms with Crippen molar-refractivity contribution < 1.29 is 9.59 Å². The van der Waals surface area contributed by atoms with E-state index in [1.807, 2.05) is 12.1 Å². The van der Waals surface area contributed by atoms with E-state index < -0.39 is 11.3 Å². The van der Waals surface area contributed by atoms with Crippen LogP contribution in [0.4, 0.5) is 0 Å². The number of carbonyl (C=O) groups is 2. The summed E-state index contributed by atoms with van der Waals surface area (Å²) in [4.78, 5) is 24.4. The Morgan fingerprint density at radius 3 is 2.37 bits per heavy atom. The third-order valence-corrected chi connectivity index (χ3v) is 11.1. The number of hydrogen-bond donors (Lipinski definition) is 5. The fourth-order valence-electron chi connectivity index (χ4n) is 8.33. The largest absolute Gasteiger partial charge is 0.403 e. The summed E-state index contributed by atoms with van der Waals surface area (Å²) in [5.74, 6) is 6.40. The molecule has 5 unspecified atom stereocenters. The van der Waals surface area contributed by atoms with Crippen molar-refractivity contribution in [2.24, 2.45) is 39.5 Å². The summed E-state index contributed by atoms with van der Waals surface area (Å²) in [5, 5.41) is 29.4. The van der Waals surface area contributed by atoms with Gasteiger partial charge in [-0.3, -0.25) is 15.0 Å². The first kappa shape index (κ1) is 37.9. The Morgan fingerprint density at radius 2 is 1.77 bits per heavy atom. The molecule has 0 radical (unpaired) electrons. The number of nitriles is 1. The molecule has 1 saturated carbocycles. The molecule has 1 heterocycles. The van der Waals surface area contributed by atoms with Crippen LogP contribution in [-0.4, -0.2) is 47.7 Å². The molecule has 1 aliphatic heterocycles. The normalized spacial score (nSPS) is 23.2. The van der Waals surface area contributed by atoms with Crippen LogP contribution >= 0.6 is 0 Å². The van der Waals surface area contributed by atoms with E-state index in [0.717, 1.165) is 66.5 Å². The molecule has 3 aromatic carbocycles. The first-order valence-electron chi connectivity index (χ1n) is 18.1. The number of nitrogens with two attached hydrogens (primary N) is 3. The summed E-state index contributed by atoms with van der Waals surface area (Å²) in [6.45, 7) is 10.9. The van der Waals surface area contributed by atoms with Crippen molar-refractivity contribution in [2.45, 2.75) is 89.3 Å². The lowest BCUT2D eigenvalue weighted by atomic mass is 9.67. The van der Waals surface area contributed by atoms with E-state index >= 15 is 0 Å². The predicted molar refractivity (Wildman–Crippen MR) is 203 cm³/mol. The molecular formula is C41H51N9O2. The Hall–Kier alpha value is -5.34. The van der Waals surface area contributed by atoms with E-state index in [2.05, 4.69) is 91.5 Å². The SMILES string of the molecule is C=C(N)CCc1ccc2c(c1)CCc1cc(C(N)=O)ccc1C2(C[C@@H](Cc1ccc(C)cc1)NCC)C(=N)N=NN.CC1C2CC(C#N)N(C=O)C12. The second-order valence-corrected chi connectivity index (χ2v) is 14.5. The van der Waals surface area contributed by atoms with Gasteiger partial charge in [-0.15, -0.1) is 5.11 Å². The minimum Gasteiger partial charge on any atom is -0.403 e. The Balaban J connectivity index is 0.000000401. The summed E-state index contributed by atoms with van der Waals surface area (Å²) in [5.41, 5.74) is 19.3. The number of hydrogen-bond acceptors (Lipinski definition) is 7. The molecule has 0 spiro atoms. The van der Waals surface area contributed by atoms with Crippen molar-refractivity contribution in [3.8, 4) is 6.07 Å². The Morgan fingerprint density at radius 1 is 1.12 bits per heavy atom. The predicted octanol–water partition coefficient (Wildman–Crippen LogP) is 5.17. The minimum absolute atomic E-state index is 0.00545. The van der Waals surface area contributed by atoms with Crippen molar-refractivity contribution in [2.75, 3.05) is 6.54 Å². The average Bonchev–Trinajstić information content (AvgIpc) is 3.62. The van der Waals surface area contributed by atoms with Gasteiger partial charge < -0.3 is 27.5 Å². The van der Waals surface area contributed by atoms with Gasteiger partial charge in [-0.25, -0.2) is 0 Å². The van der Waals surface area contributed by atoms with Crippen LogP contribution in [0, 0.1) is 35.5 Å². The van der Waals surface area contributed by atoms with Crippen LogP contribution in [0.1, 0.15) is 82.4 Å². The third-order valence-electron chi connectivity index (χ3n) is 11.1. The van der Waals surface area contributed by atoms with E-state index in [1.165, 1.54) is 11.1 Å². The van der Waals surface area contributed by atoms with E-state index in [0.29, 0.717) is 48.4 Å². The number of piperidine rings is 1. The van der Waals surface area contributed by atoms with Gasteiger partial charge in [-0.05, 0) is 116 Å². The van der Waals surface area contributed by atoms with Crippen molar-refractivity contribution in [1.82, 2.24) is 10.2 Å². The van der Waals surface area contributed by atoms with Crippen LogP contribution in [0.15, 0.2) is 83.3 Å². The monoisotopic (exact) mass is 701 g/mol. The third kappa shape index (κ3) is 7.92. The maximum atomic E-state index is 12.2. The molecule has 52 heavy (non-hydrogen) atoms. The number of amides is 2. The first-order valence-corrected chi connectivity index (χ1v) is 18.1. The van der Waals surface area contributed by atoms with Gasteiger partial charge in [-0.2, -0.15) is 5.26 Å². The number of nitrogens with one attached hydrogen (secondary N) is 2. The number of nitrogens with zero attached hydrogens (tertiary/aromatic N) is 4. The van der Waals surface area contributed by atoms with Crippen LogP contribution in [-0.2, 0) is 35.9 Å². The van der Waals surface area contributed by atoms with E-state index in [-0.39, 0.29) is 17.9 Å². The molecule has 272 valence electrons. The van der Waals surface area contributed by atoms with Crippen LogP contribution in [0.2, 0.25) is 0 Å². The lowest BCUT2D eigenvalue weighted by molar-refractivity contribution is -0.119. The number of primary amides is 1. The van der Waals surface area contributed by atoms with Gasteiger partial charge in [0.15, 0.2) is 5.84 Å². The Bertz CT molecular complexity index is 1880. The number of likely N-dealkylation sites (tertiary alicyclic amines) is 1. The first-order chi connectivity index (χ1) is 25.0. The summed E-state index contributed by atoms with van der Waals surface area (Å²) >= 11 is 0. The second-order valence-electron chi connectivity index (χ2n) is 14.5. The number of benzene rings is 3. The maximum Gasteiger partial charge on any atom is 0.248 e. The molecule has 6 atom stereocenters. The van der Waals surface area contributed by atoms with Crippen LogP contribution in [0.3, 0.4) is 0 Å². The fourth-order valence-corrected chi connectivity index (χ4v) is 8.33. The molecule has 1 saturated heterocycles. The van der Waals surface area contributed by atoms with Gasteiger partial charge in [-0.1, -0.05) is 79.7 Å². The van der Waals surface area contributed by atoms with Crippen LogP contribution < -0.4 is 22.6 Å². The molecule has 11 heteroatoms. The molecule has 3 aliphatic rings. The molecular weight excluding hydrogens is 651 g/mol. The van der Waals surface area contributed by atoms with Gasteiger partial charge in [0.2, 0.25) is 12.3 Å². The maximum absolute atomic E-state index is 12.2. The highest BCUT2D eigenvalue weighted by molar-refractivity contribution is 5.97. The zero-order chi connectivity index (χ0) is 37.6. The molecule has 2 aliphatic carbocycles. The number of likely N-dealkylation sites (N-methyl/N-ethyl adjacent to an activating group) is 1. The fraction of sp³-hybridized carbons (Fsp3) is 0.415. The highest BCUT2D eigenvalue weighted by Gasteiger charge is 2.58. The van der Waals surface area contributed by atoms with Gasteiger partial charge >= 0.3 is 0 Å². The Kier molecular flexibility index (Phi) is 11.9. The molecule has 11 nitrogen and oxygen atoms in total. The van der Waals surface area contributed by atoms with E-state index in [4.69, 9.17) is 22.6 Å². The number of carbonyl (C=O) groups excluding carboxylic acids is 2. The standard InChI is InChI=1S/C33H41N7O.C8H10N2O/c1-4-38-28(18-24-8-5-21(2)6-9-24)20-33(32(36)39-40-37)29-15-11-23(10-7-22(3)34)17-25(29)12-13-26-19-27(31(35)41)14-16-30(26)33;1-5-7-2-6(3-9)10(4-11)8(5)7/h5-6,8-9,11,14-17,19,28,38H,3-4,7,10,12-13,18,20,34H2,1-2H3,(H2,35,41)(H3,36,37,39);4-8H,2H2,1H3/t28-,33?;/m1./s1. The summed E-state index contributed by atoms with van der Waals surface area (Å²) < 4.78 is 0. The number of amidine groups is 1. The van der Waals surface area contributed by atoms with Crippen molar-refractivity contribution >= 4 is 18.2 Å². The summed E-state index contributed by atoms with van der Waals surface area (Å²) in [6, 6.07) is 22.9. The van der Waals surface area contributed by atoms with Crippen molar-refractivity contribution in [1.29, 1.82) is 10.7 Å². The Labute approximate surface area is 306 Å². The van der Waals surface area contributed by atoms with E-state index in [9.17, 15) is 15.0 Å². The number of aryl methyl sites for hydroxylation is 4. The topological polar surface area (TPSA) is 200 Å². The smallest absolute Gasteiger partial charge is 0.248 e. The van der Waals surface area contributed by atoms with Crippen molar-refractivity contribution in [3.63, 3.8) is 0 Å². The highest BCUT2D eigenvalue weighted by atomic mass is 16.1. The molecule has 2 fully saturated rings. The van der Waals surface area contributed by atoms with Gasteiger partial charge in [0, 0.05) is 23.3 Å². The minimum atomic E-state index is -0.965. The molecule has 3 aromatic rings. The zero-order valence-electron chi connectivity index (χ0n) is 30.4. The lowest BCUT2D eigenvalue weighted by Crippen LogP contribution is -2.45. The van der Waals surface area contributed by atoms with Crippen molar-refractivity contribution in [3.05, 3.63) is 117 Å². The number of fused-ring (bicyclic) bond motifs is 3. The van der Waals surface area contributed by atoms with E-state index in [1.54, 1.807) is 11.0 Å². The highest BCUT2D eigenvalue weighted by Crippen LogP contribution is 2.52. The molecule has 0 bridgehead atoms. The number of allylic oxidation sites excluding steroid dienone is 1. The number of rotatable bonds is 12.